The Morgan fingerprint density at radius 1 is 1.13 bits per heavy atom. The highest BCUT2D eigenvalue weighted by atomic mass is 16.3. The molecule has 0 aliphatic heterocycles. The largest absolute Gasteiger partial charge is 0.394 e. The topological polar surface area (TPSA) is 96.6 Å². The third kappa shape index (κ3) is 5.82. The van der Waals surface area contributed by atoms with E-state index in [-0.39, 0.29) is 12.1 Å². The molecule has 6 nitrogen and oxygen atoms in total. The van der Waals surface area contributed by atoms with Crippen molar-refractivity contribution in [2.45, 2.75) is 39.7 Å². The number of hydrogen-bond donors (Lipinski definition) is 3. The van der Waals surface area contributed by atoms with E-state index in [1.807, 2.05) is 24.3 Å². The summed E-state index contributed by atoms with van der Waals surface area (Å²) in [7, 11) is 0. The molecule has 1 unspecified atom stereocenters. The van der Waals surface area contributed by atoms with Crippen molar-refractivity contribution >= 4 is 27.9 Å². The van der Waals surface area contributed by atoms with Gasteiger partial charge in [-0.1, -0.05) is 32.0 Å². The molecule has 30 heavy (non-hydrogen) atoms. The molecule has 0 bridgehead atoms. The summed E-state index contributed by atoms with van der Waals surface area (Å²) in [5.74, 6) is -0.562. The van der Waals surface area contributed by atoms with Gasteiger partial charge in [-0.15, -0.1) is 0 Å². The first-order chi connectivity index (χ1) is 14.4. The molecule has 0 spiro atoms. The normalized spacial score (nSPS) is 12.8. The van der Waals surface area contributed by atoms with Crippen LogP contribution < -0.4 is 10.2 Å². The molecule has 0 heterocycles. The zero-order valence-electron chi connectivity index (χ0n) is 18.0. The number of allylic oxidation sites excluding steroid dienone is 1. The van der Waals surface area contributed by atoms with Gasteiger partial charge in [0, 0.05) is 25.3 Å². The van der Waals surface area contributed by atoms with Gasteiger partial charge < -0.3 is 20.4 Å². The van der Waals surface area contributed by atoms with Crippen LogP contribution in [0.2, 0.25) is 0 Å². The smallest absolute Gasteiger partial charge is 0.262 e. The number of aliphatic hydroxyl groups excluding tert-OH is 2. The van der Waals surface area contributed by atoms with Gasteiger partial charge in [0.15, 0.2) is 0 Å². The van der Waals surface area contributed by atoms with Crippen molar-refractivity contribution in [1.82, 2.24) is 5.32 Å². The predicted molar refractivity (Wildman–Crippen MR) is 121 cm³/mol. The van der Waals surface area contributed by atoms with Crippen molar-refractivity contribution in [2.24, 2.45) is 0 Å². The Morgan fingerprint density at radius 2 is 1.77 bits per heavy atom. The fourth-order valence-corrected chi connectivity index (χ4v) is 3.39. The van der Waals surface area contributed by atoms with Gasteiger partial charge in [-0.05, 0) is 59.9 Å². The van der Waals surface area contributed by atoms with Crippen LogP contribution in [0.4, 0.5) is 5.69 Å². The highest BCUT2D eigenvalue weighted by molar-refractivity contribution is 6.05. The number of amides is 1. The van der Waals surface area contributed by atoms with E-state index >= 15 is 0 Å². The van der Waals surface area contributed by atoms with Gasteiger partial charge in [0.25, 0.3) is 5.91 Å². The first-order valence-electron chi connectivity index (χ1n) is 10.4. The molecule has 0 fully saturated rings. The van der Waals surface area contributed by atoms with Crippen molar-refractivity contribution in [3.63, 3.8) is 0 Å². The van der Waals surface area contributed by atoms with Crippen LogP contribution in [0, 0.1) is 11.3 Å². The number of anilines is 1. The second-order valence-corrected chi connectivity index (χ2v) is 7.39. The number of carbonyl (C=O) groups excluding carboxylic acids is 1. The van der Waals surface area contributed by atoms with Crippen molar-refractivity contribution < 1.29 is 15.0 Å². The van der Waals surface area contributed by atoms with Gasteiger partial charge in [0.2, 0.25) is 0 Å². The molecular weight excluding hydrogens is 378 g/mol. The van der Waals surface area contributed by atoms with Crippen LogP contribution in [-0.4, -0.2) is 48.5 Å². The standard InChI is InChI=1S/C24H31N3O3/c1-4-10-27(11-5-2)21-9-8-19-12-18(6-7-20(19)13-21)17(3)23(14-25)24(30)26-15-22(29)16-28/h6-9,12-13,22,28-29H,4-5,10-11,15-16H2,1-3H3,(H,26,30). The minimum atomic E-state index is -1.05. The fraction of sp³-hybridized carbons (Fsp3) is 0.417. The zero-order chi connectivity index (χ0) is 22.1. The minimum absolute atomic E-state index is 0.00632. The number of aliphatic hydroxyl groups is 2. The number of fused-ring (bicyclic) bond motifs is 1. The minimum Gasteiger partial charge on any atom is -0.394 e. The molecule has 6 heteroatoms. The van der Waals surface area contributed by atoms with E-state index in [4.69, 9.17) is 5.11 Å². The molecule has 0 aliphatic carbocycles. The van der Waals surface area contributed by atoms with Crippen LogP contribution in [0.5, 0.6) is 0 Å². The van der Waals surface area contributed by atoms with Crippen LogP contribution in [0.1, 0.15) is 39.2 Å². The second-order valence-electron chi connectivity index (χ2n) is 7.39. The van der Waals surface area contributed by atoms with Gasteiger partial charge >= 0.3 is 0 Å². The molecule has 1 amide bonds. The predicted octanol–water partition coefficient (Wildman–Crippen LogP) is 3.23. The number of nitrogens with one attached hydrogen (secondary N) is 1. The van der Waals surface area contributed by atoms with Crippen LogP contribution in [0.25, 0.3) is 16.3 Å². The van der Waals surface area contributed by atoms with Gasteiger partial charge in [-0.2, -0.15) is 5.26 Å². The lowest BCUT2D eigenvalue weighted by atomic mass is 9.98. The van der Waals surface area contributed by atoms with Crippen molar-refractivity contribution in [2.75, 3.05) is 31.1 Å². The first kappa shape index (κ1) is 23.4. The maximum atomic E-state index is 12.3. The maximum Gasteiger partial charge on any atom is 0.262 e. The van der Waals surface area contributed by atoms with Crippen molar-refractivity contribution in [3.05, 3.63) is 47.5 Å². The Bertz CT molecular complexity index is 940. The van der Waals surface area contributed by atoms with E-state index < -0.39 is 18.6 Å². The van der Waals surface area contributed by atoms with Crippen molar-refractivity contribution in [3.8, 4) is 6.07 Å². The number of rotatable bonds is 10. The van der Waals surface area contributed by atoms with E-state index in [0.29, 0.717) is 5.57 Å². The average molecular weight is 410 g/mol. The SMILES string of the molecule is CCCN(CCC)c1ccc2cc(C(C)=C(C#N)C(=O)NCC(O)CO)ccc2c1. The highest BCUT2D eigenvalue weighted by Gasteiger charge is 2.15. The van der Waals surface area contributed by atoms with Crippen LogP contribution in [-0.2, 0) is 4.79 Å². The fourth-order valence-electron chi connectivity index (χ4n) is 3.39. The molecule has 2 aromatic rings. The molecule has 3 N–H and O–H groups in total. The van der Waals surface area contributed by atoms with Gasteiger partial charge in [-0.25, -0.2) is 0 Å². The molecule has 1 atom stereocenters. The van der Waals surface area contributed by atoms with Crippen LogP contribution in [0.3, 0.4) is 0 Å². The number of nitriles is 1. The number of benzene rings is 2. The monoisotopic (exact) mass is 409 g/mol. The highest BCUT2D eigenvalue weighted by Crippen LogP contribution is 2.27. The third-order valence-electron chi connectivity index (χ3n) is 5.03. The molecule has 2 rings (SSSR count). The molecule has 2 aromatic carbocycles. The maximum absolute atomic E-state index is 12.3. The lowest BCUT2D eigenvalue weighted by Gasteiger charge is -2.24. The molecule has 0 saturated heterocycles. The summed E-state index contributed by atoms with van der Waals surface area (Å²) in [5.41, 5.74) is 2.56. The Kier molecular flexibility index (Phi) is 8.85. The van der Waals surface area contributed by atoms with Crippen LogP contribution in [0.15, 0.2) is 42.0 Å². The summed E-state index contributed by atoms with van der Waals surface area (Å²) in [6.07, 6.45) is 1.13. The average Bonchev–Trinajstić information content (AvgIpc) is 2.76. The number of nitrogens with zero attached hydrogens (tertiary/aromatic N) is 2. The van der Waals surface area contributed by atoms with Gasteiger partial charge in [-0.3, -0.25) is 4.79 Å². The summed E-state index contributed by atoms with van der Waals surface area (Å²) in [6.45, 7) is 7.57. The first-order valence-corrected chi connectivity index (χ1v) is 10.4. The lowest BCUT2D eigenvalue weighted by molar-refractivity contribution is -0.117. The Hall–Kier alpha value is -2.88. The summed E-state index contributed by atoms with van der Waals surface area (Å²) < 4.78 is 0. The molecule has 0 radical (unpaired) electrons. The lowest BCUT2D eigenvalue weighted by Crippen LogP contribution is -2.34. The quantitative estimate of drug-likeness (QED) is 0.414. The molecule has 0 aliphatic rings. The van der Waals surface area contributed by atoms with E-state index in [2.05, 4.69) is 42.3 Å². The van der Waals surface area contributed by atoms with E-state index in [1.165, 1.54) is 5.69 Å². The Morgan fingerprint density at radius 3 is 2.37 bits per heavy atom. The van der Waals surface area contributed by atoms with Gasteiger partial charge in [0.05, 0.1) is 12.7 Å². The second kappa shape index (κ2) is 11.3. The summed E-state index contributed by atoms with van der Waals surface area (Å²) in [5, 5.41) is 32.4. The third-order valence-corrected chi connectivity index (χ3v) is 5.03. The summed E-state index contributed by atoms with van der Waals surface area (Å²) in [4.78, 5) is 14.7. The summed E-state index contributed by atoms with van der Waals surface area (Å²) in [6, 6.07) is 14.2. The molecular formula is C24H31N3O3. The molecule has 0 aromatic heterocycles. The Labute approximate surface area is 178 Å². The van der Waals surface area contributed by atoms with E-state index in [0.717, 1.165) is 42.3 Å². The number of hydrogen-bond acceptors (Lipinski definition) is 5. The zero-order valence-corrected chi connectivity index (χ0v) is 18.0. The van der Waals surface area contributed by atoms with E-state index in [9.17, 15) is 15.2 Å². The molecule has 160 valence electrons. The molecule has 0 saturated carbocycles. The summed E-state index contributed by atoms with van der Waals surface area (Å²) >= 11 is 0. The van der Waals surface area contributed by atoms with Crippen molar-refractivity contribution in [1.29, 1.82) is 5.26 Å². The Balaban J connectivity index is 2.33. The number of carbonyl (C=O) groups is 1. The van der Waals surface area contributed by atoms with Gasteiger partial charge in [0.1, 0.15) is 11.6 Å². The van der Waals surface area contributed by atoms with E-state index in [1.54, 1.807) is 6.92 Å². The van der Waals surface area contributed by atoms with Crippen LogP contribution >= 0.6 is 0 Å².